The summed E-state index contributed by atoms with van der Waals surface area (Å²) in [5.74, 6) is 3.77. The van der Waals surface area contributed by atoms with Crippen molar-refractivity contribution in [3.8, 4) is 0 Å². The molecule has 1 aromatic rings. The van der Waals surface area contributed by atoms with Crippen molar-refractivity contribution in [1.82, 2.24) is 25.5 Å². The molecule has 0 aromatic carbocycles. The number of aryl methyl sites for hydroxylation is 1. The standard InChI is InChI=1S/C12H21N5/c1-3-13-11(7-12-14-16-17(2)15-12)10-5-8-4-9(8)6-10/h8-11,13H,3-7H2,1-2H3. The van der Waals surface area contributed by atoms with E-state index in [-0.39, 0.29) is 0 Å². The number of tetrazole rings is 1. The largest absolute Gasteiger partial charge is 0.314 e. The summed E-state index contributed by atoms with van der Waals surface area (Å²) in [7, 11) is 1.82. The molecule has 5 nitrogen and oxygen atoms in total. The van der Waals surface area contributed by atoms with Gasteiger partial charge >= 0.3 is 0 Å². The molecule has 1 heterocycles. The maximum atomic E-state index is 4.29. The van der Waals surface area contributed by atoms with Crippen LogP contribution in [0.1, 0.15) is 32.0 Å². The van der Waals surface area contributed by atoms with Crippen LogP contribution in [0.4, 0.5) is 0 Å². The van der Waals surface area contributed by atoms with Crippen molar-refractivity contribution in [3.63, 3.8) is 0 Å². The predicted octanol–water partition coefficient (Wildman–Crippen LogP) is 0.777. The van der Waals surface area contributed by atoms with Crippen molar-refractivity contribution >= 4 is 0 Å². The lowest BCUT2D eigenvalue weighted by atomic mass is 9.92. The van der Waals surface area contributed by atoms with Gasteiger partial charge in [-0.3, -0.25) is 0 Å². The van der Waals surface area contributed by atoms with E-state index in [1.165, 1.54) is 19.3 Å². The van der Waals surface area contributed by atoms with Gasteiger partial charge in [-0.25, -0.2) is 0 Å². The fourth-order valence-corrected chi connectivity index (χ4v) is 3.36. The molecule has 0 spiro atoms. The zero-order valence-corrected chi connectivity index (χ0v) is 10.6. The van der Waals surface area contributed by atoms with Gasteiger partial charge in [0.1, 0.15) is 0 Å². The SMILES string of the molecule is CCNC(Cc1nnn(C)n1)C1CC2CC2C1. The Morgan fingerprint density at radius 2 is 2.12 bits per heavy atom. The van der Waals surface area contributed by atoms with Crippen LogP contribution in [-0.2, 0) is 13.5 Å². The molecule has 2 fully saturated rings. The summed E-state index contributed by atoms with van der Waals surface area (Å²) in [4.78, 5) is 1.55. The van der Waals surface area contributed by atoms with Crippen LogP contribution in [0.2, 0.25) is 0 Å². The zero-order chi connectivity index (χ0) is 11.8. The Labute approximate surface area is 102 Å². The summed E-state index contributed by atoms with van der Waals surface area (Å²) in [6.07, 6.45) is 5.22. The number of hydrogen-bond acceptors (Lipinski definition) is 4. The van der Waals surface area contributed by atoms with E-state index in [1.807, 2.05) is 7.05 Å². The summed E-state index contributed by atoms with van der Waals surface area (Å²) in [5, 5.41) is 15.9. The molecule has 2 aliphatic carbocycles. The molecule has 0 aliphatic heterocycles. The normalized spacial score (nSPS) is 32.5. The molecule has 0 bridgehead atoms. The van der Waals surface area contributed by atoms with Crippen LogP contribution in [0.3, 0.4) is 0 Å². The summed E-state index contributed by atoms with van der Waals surface area (Å²) < 4.78 is 0. The lowest BCUT2D eigenvalue weighted by Gasteiger charge is -2.24. The van der Waals surface area contributed by atoms with Gasteiger partial charge in [0, 0.05) is 12.5 Å². The second-order valence-electron chi connectivity index (χ2n) is 5.55. The molecule has 2 saturated carbocycles. The molecule has 17 heavy (non-hydrogen) atoms. The highest BCUT2D eigenvalue weighted by Crippen LogP contribution is 2.55. The Hall–Kier alpha value is -0.970. The van der Waals surface area contributed by atoms with E-state index >= 15 is 0 Å². The minimum Gasteiger partial charge on any atom is -0.314 e. The van der Waals surface area contributed by atoms with Crippen LogP contribution < -0.4 is 5.32 Å². The first-order valence-electron chi connectivity index (χ1n) is 6.72. The topological polar surface area (TPSA) is 55.6 Å². The number of rotatable bonds is 5. The average Bonchev–Trinajstić information content (AvgIpc) is 2.73. The molecular weight excluding hydrogens is 214 g/mol. The highest BCUT2D eigenvalue weighted by atomic mass is 15.6. The Kier molecular flexibility index (Phi) is 2.86. The maximum Gasteiger partial charge on any atom is 0.176 e. The molecule has 5 heteroatoms. The molecule has 3 atom stereocenters. The number of nitrogens with zero attached hydrogens (tertiary/aromatic N) is 4. The number of likely N-dealkylation sites (N-methyl/N-ethyl adjacent to an activating group) is 1. The van der Waals surface area contributed by atoms with Gasteiger partial charge in [-0.1, -0.05) is 6.92 Å². The summed E-state index contributed by atoms with van der Waals surface area (Å²) in [5.41, 5.74) is 0. The highest BCUT2D eigenvalue weighted by molar-refractivity contribution is 5.01. The third kappa shape index (κ3) is 2.34. The van der Waals surface area contributed by atoms with Gasteiger partial charge in [0.05, 0.1) is 7.05 Å². The first-order valence-corrected chi connectivity index (χ1v) is 6.72. The molecule has 3 rings (SSSR count). The first-order chi connectivity index (χ1) is 8.26. The molecule has 1 aromatic heterocycles. The van der Waals surface area contributed by atoms with Crippen LogP contribution >= 0.6 is 0 Å². The van der Waals surface area contributed by atoms with Crippen molar-refractivity contribution in [1.29, 1.82) is 0 Å². The van der Waals surface area contributed by atoms with E-state index in [9.17, 15) is 0 Å². The van der Waals surface area contributed by atoms with Gasteiger partial charge in [-0.2, -0.15) is 4.80 Å². The van der Waals surface area contributed by atoms with Gasteiger partial charge < -0.3 is 5.32 Å². The lowest BCUT2D eigenvalue weighted by Crippen LogP contribution is -2.37. The third-order valence-electron chi connectivity index (χ3n) is 4.27. The first kappa shape index (κ1) is 11.1. The maximum absolute atomic E-state index is 4.29. The Morgan fingerprint density at radius 1 is 1.35 bits per heavy atom. The molecule has 1 N–H and O–H groups in total. The average molecular weight is 235 g/mol. The number of nitrogens with one attached hydrogen (secondary N) is 1. The van der Waals surface area contributed by atoms with Crippen molar-refractivity contribution in [2.75, 3.05) is 6.54 Å². The second-order valence-corrected chi connectivity index (χ2v) is 5.55. The molecule has 0 amide bonds. The predicted molar refractivity (Wildman–Crippen MR) is 64.3 cm³/mol. The summed E-state index contributed by atoms with van der Waals surface area (Å²) in [6.45, 7) is 3.20. The van der Waals surface area contributed by atoms with E-state index in [0.29, 0.717) is 6.04 Å². The molecule has 0 radical (unpaired) electrons. The molecule has 94 valence electrons. The summed E-state index contributed by atoms with van der Waals surface area (Å²) >= 11 is 0. The van der Waals surface area contributed by atoms with Crippen LogP contribution in [0.5, 0.6) is 0 Å². The van der Waals surface area contributed by atoms with Crippen LogP contribution in [0, 0.1) is 17.8 Å². The molecule has 2 aliphatic rings. The van der Waals surface area contributed by atoms with E-state index < -0.39 is 0 Å². The molecular formula is C12H21N5. The minimum atomic E-state index is 0.539. The van der Waals surface area contributed by atoms with Crippen molar-refractivity contribution in [3.05, 3.63) is 5.82 Å². The van der Waals surface area contributed by atoms with Crippen LogP contribution in [0.15, 0.2) is 0 Å². The monoisotopic (exact) mass is 235 g/mol. The lowest BCUT2D eigenvalue weighted by molar-refractivity contribution is 0.332. The van der Waals surface area contributed by atoms with Gasteiger partial charge in [0.2, 0.25) is 0 Å². The van der Waals surface area contributed by atoms with Crippen molar-refractivity contribution in [2.45, 2.75) is 38.6 Å². The van der Waals surface area contributed by atoms with Crippen molar-refractivity contribution < 1.29 is 0 Å². The quantitative estimate of drug-likeness (QED) is 0.819. The molecule has 3 unspecified atom stereocenters. The highest BCUT2D eigenvalue weighted by Gasteiger charge is 2.47. The Morgan fingerprint density at radius 3 is 2.71 bits per heavy atom. The van der Waals surface area contributed by atoms with Gasteiger partial charge in [0.25, 0.3) is 0 Å². The van der Waals surface area contributed by atoms with Crippen molar-refractivity contribution in [2.24, 2.45) is 24.8 Å². The number of fused-ring (bicyclic) bond motifs is 1. The Balaban J connectivity index is 1.63. The number of aromatic nitrogens is 4. The van der Waals surface area contributed by atoms with E-state index in [1.54, 1.807) is 4.80 Å². The van der Waals surface area contributed by atoms with Gasteiger partial charge in [-0.15, -0.1) is 10.2 Å². The Bertz CT molecular complexity index is 378. The van der Waals surface area contributed by atoms with E-state index in [4.69, 9.17) is 0 Å². The molecule has 0 saturated heterocycles. The van der Waals surface area contributed by atoms with Crippen LogP contribution in [-0.4, -0.2) is 32.8 Å². The smallest absolute Gasteiger partial charge is 0.176 e. The fourth-order valence-electron chi connectivity index (χ4n) is 3.36. The van der Waals surface area contributed by atoms with Crippen LogP contribution in [0.25, 0.3) is 0 Å². The minimum absolute atomic E-state index is 0.539. The fraction of sp³-hybridized carbons (Fsp3) is 0.917. The zero-order valence-electron chi connectivity index (χ0n) is 10.6. The third-order valence-corrected chi connectivity index (χ3v) is 4.27. The van der Waals surface area contributed by atoms with E-state index in [2.05, 4.69) is 27.7 Å². The van der Waals surface area contributed by atoms with Gasteiger partial charge in [0.15, 0.2) is 5.82 Å². The number of hydrogen-bond donors (Lipinski definition) is 1. The summed E-state index contributed by atoms with van der Waals surface area (Å²) in [6, 6.07) is 0.539. The van der Waals surface area contributed by atoms with Gasteiger partial charge in [-0.05, 0) is 48.8 Å². The second kappa shape index (κ2) is 4.37. The van der Waals surface area contributed by atoms with E-state index in [0.717, 1.165) is 36.5 Å².